The summed E-state index contributed by atoms with van der Waals surface area (Å²) in [4.78, 5) is 107. The number of carbonyl (C=O) groups excluding carboxylic acids is 8. The van der Waals surface area contributed by atoms with Gasteiger partial charge in [0.25, 0.3) is 0 Å². The van der Waals surface area contributed by atoms with Crippen molar-refractivity contribution in [1.29, 1.82) is 0 Å². The van der Waals surface area contributed by atoms with Crippen molar-refractivity contribution < 1.29 is 109 Å². The lowest BCUT2D eigenvalue weighted by atomic mass is 9.94. The second kappa shape index (κ2) is 45.6. The van der Waals surface area contributed by atoms with Gasteiger partial charge in [0.2, 0.25) is 23.6 Å². The number of rotatable bonds is 20. The lowest BCUT2D eigenvalue weighted by Crippen LogP contribution is -2.47. The van der Waals surface area contributed by atoms with Crippen LogP contribution < -0.4 is 40.9 Å². The number of hydrogen-bond donors (Lipinski definition) is 4. The van der Waals surface area contributed by atoms with Crippen LogP contribution in [0.25, 0.3) is 0 Å². The molecule has 33 heteroatoms. The van der Waals surface area contributed by atoms with Crippen molar-refractivity contribution in [2.75, 3.05) is 19.6 Å². The molecule has 0 bridgehead atoms. The van der Waals surface area contributed by atoms with Gasteiger partial charge in [0, 0.05) is 63.1 Å². The fourth-order valence-electron chi connectivity index (χ4n) is 15.6. The van der Waals surface area contributed by atoms with Crippen LogP contribution in [-0.2, 0) is 63.1 Å². The molecule has 0 radical (unpaired) electrons. The molecule has 8 amide bonds. The van der Waals surface area contributed by atoms with E-state index in [2.05, 4.69) is 21.3 Å². The van der Waals surface area contributed by atoms with Crippen LogP contribution in [0.5, 0.6) is 0 Å². The van der Waals surface area contributed by atoms with Crippen molar-refractivity contribution in [2.24, 2.45) is 0 Å². The van der Waals surface area contributed by atoms with Crippen LogP contribution in [-0.4, -0.2) is 71.4 Å². The highest BCUT2D eigenvalue weighted by Crippen LogP contribution is 2.42. The molecule has 0 spiro atoms. The highest BCUT2D eigenvalue weighted by atomic mass is 35.5. The summed E-state index contributed by atoms with van der Waals surface area (Å²) in [5.41, 5.74) is -4.74. The van der Waals surface area contributed by atoms with Gasteiger partial charge >= 0.3 is 48.3 Å². The van der Waals surface area contributed by atoms with Crippen LogP contribution in [0.2, 0.25) is 5.02 Å². The fraction of sp³-hybridized carbons (Fsp3) is 0.333. The molecule has 4 aliphatic rings. The Kier molecular flexibility index (Phi) is 35.2. The zero-order valence-corrected chi connectivity index (χ0v) is 69.7. The van der Waals surface area contributed by atoms with Crippen LogP contribution in [0.1, 0.15) is 197 Å². The topological polar surface area (TPSA) is 198 Å². The van der Waals surface area contributed by atoms with Gasteiger partial charge in [-0.3, -0.25) is 58.0 Å². The molecule has 0 aromatic heterocycles. The van der Waals surface area contributed by atoms with Crippen molar-refractivity contribution >= 4 is 81.6 Å². The van der Waals surface area contributed by atoms with Gasteiger partial charge in [-0.25, -0.2) is 17.6 Å². The number of benzene rings is 8. The average Bonchev–Trinajstić information content (AvgIpc) is 0.804. The van der Waals surface area contributed by atoms with Gasteiger partial charge in [-0.15, -0.1) is 25.7 Å². The molecule has 4 atom stereocenters. The number of amides is 8. The highest BCUT2D eigenvalue weighted by Gasteiger charge is 2.43. The first kappa shape index (κ1) is 99.7. The van der Waals surface area contributed by atoms with Crippen LogP contribution in [0.4, 0.5) is 93.0 Å². The molecule has 4 aliphatic carbocycles. The van der Waals surface area contributed by atoms with Gasteiger partial charge < -0.3 is 21.3 Å². The summed E-state index contributed by atoms with van der Waals surface area (Å²) in [5, 5.41) is 11.6. The summed E-state index contributed by atoms with van der Waals surface area (Å²) in [7, 11) is 0. The summed E-state index contributed by atoms with van der Waals surface area (Å²) in [6, 6.07) is 28.4. The van der Waals surface area contributed by atoms with Crippen molar-refractivity contribution in [1.82, 2.24) is 21.3 Å². The van der Waals surface area contributed by atoms with Crippen LogP contribution >= 0.6 is 11.6 Å². The number of nitrogens with one attached hydrogen (secondary N) is 4. The van der Waals surface area contributed by atoms with Gasteiger partial charge in [-0.2, -0.15) is 52.7 Å². The fourth-order valence-corrected chi connectivity index (χ4v) is 15.8. The van der Waals surface area contributed by atoms with Gasteiger partial charge in [0.1, 0.15) is 35.8 Å². The van der Waals surface area contributed by atoms with Gasteiger partial charge in [0.15, 0.2) is 11.6 Å². The number of anilines is 4. The number of hydrogen-bond acceptors (Lipinski definition) is 8. The number of carbonyl (C=O) groups is 8. The van der Waals surface area contributed by atoms with E-state index in [-0.39, 0.29) is 74.2 Å². The molecule has 16 nitrogen and oxygen atoms in total. The Morgan fingerprint density at radius 3 is 0.868 bits per heavy atom. The summed E-state index contributed by atoms with van der Waals surface area (Å²) < 4.78 is 215. The summed E-state index contributed by atoms with van der Waals surface area (Å²) in [6.45, 7) is 0. The predicted molar refractivity (Wildman–Crippen MR) is 453 cm³/mol. The van der Waals surface area contributed by atoms with Crippen molar-refractivity contribution in [2.45, 2.75) is 201 Å². The van der Waals surface area contributed by atoms with Gasteiger partial charge in [0.05, 0.1) is 22.3 Å². The standard InChI is InChI=1S/C24H22ClF3N2O2.C24H21F5N2O2.2C24H22F4N2O2/c1-2-21(31)30(18-12-8-9-16(15-18)24(26,27)28)22(19-13-6-7-14-20(19)25)23(32)29-17-10-4-3-5-11-17;1-2-21(32)31(18-10-6-7-16(14-18)24(27,28)29)22(15-11-12-19(25)20(26)13-15)23(33)30-17-8-4-3-5-9-17;1-2-21(31)30(18-12-8-9-16(15-18)24(26,27)28)22(19-13-6-7-14-20(19)25)23(32)29-17-10-4-3-5-11-17;1-2-21(31)30(20-10-6-7-17(15-20)24(26,27)28)22(16-11-13-18(25)14-12-16)23(32)29-19-8-4-3-5-9-19/h1,6-9,12-15,17,22H,3-5,10-11H2,(H,29,32);1,6-7,10-14,17,22H,3-5,8-9H2,(H,30,33);1,6-9,12-15,17,22H,3-5,10-11H2,(H,29,32);1,6-7,10-15,19,22H,3-5,8-9H2,(H,29,32). The maximum absolute atomic E-state index is 14.7. The predicted octanol–water partition coefficient (Wildman–Crippen LogP) is 20.7. The monoisotopic (exact) mass is 1820 g/mol. The molecule has 4 N–H and O–H groups in total. The third kappa shape index (κ3) is 27.2. The maximum Gasteiger partial charge on any atom is 0.416 e. The van der Waals surface area contributed by atoms with E-state index < -0.39 is 142 Å². The van der Waals surface area contributed by atoms with Crippen molar-refractivity contribution in [3.63, 3.8) is 0 Å². The molecule has 8 aromatic rings. The van der Waals surface area contributed by atoms with E-state index in [1.54, 1.807) is 24.3 Å². The summed E-state index contributed by atoms with van der Waals surface area (Å²) in [5.74, 6) is -3.02. The first-order valence-electron chi connectivity index (χ1n) is 41.1. The van der Waals surface area contributed by atoms with E-state index in [0.29, 0.717) is 23.8 Å². The quantitative estimate of drug-likeness (QED) is 0.0427. The van der Waals surface area contributed by atoms with E-state index in [9.17, 15) is 109 Å². The highest BCUT2D eigenvalue weighted by molar-refractivity contribution is 6.32. The molecule has 8 aromatic carbocycles. The van der Waals surface area contributed by atoms with E-state index in [0.717, 1.165) is 233 Å². The Balaban J connectivity index is 0.000000194. The molecular weight excluding hydrogens is 1730 g/mol. The van der Waals surface area contributed by atoms with Crippen LogP contribution in [0, 0.1) is 72.6 Å². The van der Waals surface area contributed by atoms with Crippen molar-refractivity contribution in [3.05, 3.63) is 261 Å². The average molecular weight is 1820 g/mol. The third-order valence-corrected chi connectivity index (χ3v) is 22.2. The van der Waals surface area contributed by atoms with Crippen molar-refractivity contribution in [3.8, 4) is 49.4 Å². The molecule has 12 rings (SSSR count). The maximum atomic E-state index is 14.7. The molecule has 0 heterocycles. The van der Waals surface area contributed by atoms with Gasteiger partial charge in [-0.05, 0) is 195 Å². The Bertz CT molecular complexity index is 5300. The number of nitrogens with zero attached hydrogens (tertiary/aromatic N) is 4. The van der Waals surface area contributed by atoms with E-state index >= 15 is 0 Å². The van der Waals surface area contributed by atoms with E-state index in [4.69, 9.17) is 37.3 Å². The summed E-state index contributed by atoms with van der Waals surface area (Å²) >= 11 is 6.34. The largest absolute Gasteiger partial charge is 0.416 e. The minimum absolute atomic E-state index is 0.0921. The Hall–Kier alpha value is -13.1. The third-order valence-electron chi connectivity index (χ3n) is 21.9. The minimum Gasteiger partial charge on any atom is -0.351 e. The van der Waals surface area contributed by atoms with Gasteiger partial charge in [-0.1, -0.05) is 168 Å². The normalized spacial score (nSPS) is 15.4. The second-order valence-corrected chi connectivity index (χ2v) is 31.1. The molecular formula is C96H87ClF16N8O8. The minimum atomic E-state index is -4.72. The Morgan fingerprint density at radius 1 is 0.302 bits per heavy atom. The molecule has 4 unspecified atom stereocenters. The molecule has 4 fully saturated rings. The molecule has 0 aliphatic heterocycles. The number of terminal acetylenes is 4. The zero-order valence-electron chi connectivity index (χ0n) is 68.9. The second-order valence-electron chi connectivity index (χ2n) is 30.7. The first-order chi connectivity index (χ1) is 61.3. The Labute approximate surface area is 739 Å². The lowest BCUT2D eigenvalue weighted by Gasteiger charge is -2.33. The molecule has 4 saturated carbocycles. The van der Waals surface area contributed by atoms with E-state index in [1.165, 1.54) is 54.6 Å². The lowest BCUT2D eigenvalue weighted by molar-refractivity contribution is -0.138. The Morgan fingerprint density at radius 2 is 0.574 bits per heavy atom. The zero-order chi connectivity index (χ0) is 94.1. The SMILES string of the molecule is C#CC(=O)N(c1cccc(C(F)(F)F)c1)C(C(=O)NC1CCCCC1)c1ccc(F)c(F)c1.C#CC(=O)N(c1cccc(C(F)(F)F)c1)C(C(=O)NC1CCCCC1)c1ccc(F)cc1.C#CC(=O)N(c1cccc(C(F)(F)F)c1)C(C(=O)NC1CCCCC1)c1ccccc1Cl.C#CC(=O)N(c1cccc(C(F)(F)F)c1)C(C(=O)NC1CCCCC1)c1ccccc1F. The number of alkyl halides is 12. The molecule has 129 heavy (non-hydrogen) atoms. The molecule has 678 valence electrons. The summed E-state index contributed by atoms with van der Waals surface area (Å²) in [6.07, 6.45) is 19.9. The van der Waals surface area contributed by atoms with Crippen LogP contribution in [0.3, 0.4) is 0 Å². The smallest absolute Gasteiger partial charge is 0.351 e. The van der Waals surface area contributed by atoms with Crippen LogP contribution in [0.15, 0.2) is 188 Å². The number of halogens is 17. The first-order valence-corrected chi connectivity index (χ1v) is 41.4. The van der Waals surface area contributed by atoms with E-state index in [1.807, 2.05) is 23.7 Å². The molecule has 0 saturated heterocycles.